The predicted molar refractivity (Wildman–Crippen MR) is 113 cm³/mol. The molecule has 3 aromatic rings. The normalized spacial score (nSPS) is 17.2. The van der Waals surface area contributed by atoms with Crippen molar-refractivity contribution in [2.45, 2.75) is 31.9 Å². The van der Waals surface area contributed by atoms with Gasteiger partial charge in [0.05, 0.1) is 11.8 Å². The summed E-state index contributed by atoms with van der Waals surface area (Å²) in [5.41, 5.74) is 3.19. The van der Waals surface area contributed by atoms with E-state index in [4.69, 9.17) is 14.7 Å². The van der Waals surface area contributed by atoms with Gasteiger partial charge in [0.2, 0.25) is 5.95 Å². The van der Waals surface area contributed by atoms with E-state index in [2.05, 4.69) is 54.0 Å². The third-order valence-corrected chi connectivity index (χ3v) is 4.97. The highest BCUT2D eigenvalue weighted by atomic mass is 16.5. The van der Waals surface area contributed by atoms with Crippen LogP contribution in [0.3, 0.4) is 0 Å². The second-order valence-corrected chi connectivity index (χ2v) is 7.12. The average molecular weight is 374 g/mol. The van der Waals surface area contributed by atoms with E-state index in [1.807, 2.05) is 30.3 Å². The standard InChI is InChI=1S/C23H26N4O/c1-17(18-9-4-2-5-10-18)25-22-15-21(19-11-6-3-7-12-19)26-23(27-22)24-16-20-13-8-14-28-20/h2-7,9-12,15,17,20H,8,13-14,16H2,1H3,(H2,24,25,26,27). The number of rotatable bonds is 7. The van der Waals surface area contributed by atoms with Crippen LogP contribution in [0.25, 0.3) is 11.3 Å². The monoisotopic (exact) mass is 374 g/mol. The van der Waals surface area contributed by atoms with E-state index in [9.17, 15) is 0 Å². The van der Waals surface area contributed by atoms with E-state index in [1.165, 1.54) is 5.56 Å². The molecule has 0 spiro atoms. The number of benzene rings is 2. The number of ether oxygens (including phenoxy) is 1. The van der Waals surface area contributed by atoms with Gasteiger partial charge in [0.25, 0.3) is 0 Å². The topological polar surface area (TPSA) is 59.1 Å². The van der Waals surface area contributed by atoms with Gasteiger partial charge in [0, 0.05) is 30.8 Å². The number of nitrogens with zero attached hydrogens (tertiary/aromatic N) is 2. The molecule has 2 heterocycles. The highest BCUT2D eigenvalue weighted by Crippen LogP contribution is 2.24. The van der Waals surface area contributed by atoms with Crippen LogP contribution in [0.1, 0.15) is 31.4 Å². The second kappa shape index (κ2) is 8.85. The fraction of sp³-hybridized carbons (Fsp3) is 0.304. The lowest BCUT2D eigenvalue weighted by molar-refractivity contribution is 0.120. The maximum atomic E-state index is 5.71. The Hall–Kier alpha value is -2.92. The second-order valence-electron chi connectivity index (χ2n) is 7.12. The molecule has 1 aliphatic rings. The van der Waals surface area contributed by atoms with E-state index in [-0.39, 0.29) is 12.1 Å². The van der Waals surface area contributed by atoms with Crippen LogP contribution in [0, 0.1) is 0 Å². The molecule has 5 nitrogen and oxygen atoms in total. The minimum atomic E-state index is 0.144. The molecule has 2 unspecified atom stereocenters. The summed E-state index contributed by atoms with van der Waals surface area (Å²) in [5.74, 6) is 1.43. The Morgan fingerprint density at radius 3 is 2.50 bits per heavy atom. The van der Waals surface area contributed by atoms with Crippen LogP contribution in [0.15, 0.2) is 66.7 Å². The number of nitrogens with one attached hydrogen (secondary N) is 2. The fourth-order valence-corrected chi connectivity index (χ4v) is 3.41. The molecule has 1 saturated heterocycles. The zero-order valence-electron chi connectivity index (χ0n) is 16.1. The van der Waals surface area contributed by atoms with Crippen LogP contribution in [-0.2, 0) is 4.74 Å². The number of hydrogen-bond donors (Lipinski definition) is 2. The van der Waals surface area contributed by atoms with Gasteiger partial charge in [-0.15, -0.1) is 0 Å². The van der Waals surface area contributed by atoms with Crippen LogP contribution in [0.2, 0.25) is 0 Å². The Morgan fingerprint density at radius 1 is 1.04 bits per heavy atom. The SMILES string of the molecule is CC(Nc1cc(-c2ccccc2)nc(NCC2CCCO2)n1)c1ccccc1. The van der Waals surface area contributed by atoms with Gasteiger partial charge < -0.3 is 15.4 Å². The summed E-state index contributed by atoms with van der Waals surface area (Å²) in [4.78, 5) is 9.42. The molecule has 1 aliphatic heterocycles. The molecule has 2 aromatic carbocycles. The van der Waals surface area contributed by atoms with Gasteiger partial charge in [0.1, 0.15) is 5.82 Å². The summed E-state index contributed by atoms with van der Waals surface area (Å²) in [6, 6.07) is 22.7. The highest BCUT2D eigenvalue weighted by Gasteiger charge is 2.16. The maximum absolute atomic E-state index is 5.71. The first-order valence-electron chi connectivity index (χ1n) is 9.89. The van der Waals surface area contributed by atoms with Crippen molar-refractivity contribution in [3.63, 3.8) is 0 Å². The predicted octanol–water partition coefficient (Wildman–Crippen LogP) is 4.91. The first kappa shape index (κ1) is 18.4. The largest absolute Gasteiger partial charge is 0.376 e. The molecule has 4 rings (SSSR count). The Kier molecular flexibility index (Phi) is 5.83. The average Bonchev–Trinajstić information content (AvgIpc) is 3.27. The zero-order chi connectivity index (χ0) is 19.2. The molecule has 0 aliphatic carbocycles. The van der Waals surface area contributed by atoms with Crippen molar-refractivity contribution in [2.75, 3.05) is 23.8 Å². The van der Waals surface area contributed by atoms with Gasteiger partial charge in [-0.05, 0) is 25.3 Å². The summed E-state index contributed by atoms with van der Waals surface area (Å²) < 4.78 is 5.71. The van der Waals surface area contributed by atoms with Crippen molar-refractivity contribution in [2.24, 2.45) is 0 Å². The molecular formula is C23H26N4O. The zero-order valence-corrected chi connectivity index (χ0v) is 16.1. The Morgan fingerprint density at radius 2 is 1.79 bits per heavy atom. The molecule has 2 atom stereocenters. The van der Waals surface area contributed by atoms with Crippen molar-refractivity contribution in [1.82, 2.24) is 9.97 Å². The molecule has 2 N–H and O–H groups in total. The summed E-state index contributed by atoms with van der Waals surface area (Å²) in [7, 11) is 0. The quantitative estimate of drug-likeness (QED) is 0.615. The lowest BCUT2D eigenvalue weighted by Gasteiger charge is -2.17. The lowest BCUT2D eigenvalue weighted by Crippen LogP contribution is -2.20. The van der Waals surface area contributed by atoms with Crippen molar-refractivity contribution in [3.8, 4) is 11.3 Å². The van der Waals surface area contributed by atoms with Crippen molar-refractivity contribution < 1.29 is 4.74 Å². The van der Waals surface area contributed by atoms with Gasteiger partial charge in [-0.2, -0.15) is 4.98 Å². The third kappa shape index (κ3) is 4.67. The van der Waals surface area contributed by atoms with Crippen molar-refractivity contribution >= 4 is 11.8 Å². The number of aromatic nitrogens is 2. The van der Waals surface area contributed by atoms with Crippen molar-refractivity contribution in [3.05, 3.63) is 72.3 Å². The number of hydrogen-bond acceptors (Lipinski definition) is 5. The van der Waals surface area contributed by atoms with E-state index in [0.29, 0.717) is 5.95 Å². The highest BCUT2D eigenvalue weighted by molar-refractivity contribution is 5.64. The Bertz CT molecular complexity index is 880. The Balaban J connectivity index is 1.57. The molecule has 0 amide bonds. The van der Waals surface area contributed by atoms with E-state index < -0.39 is 0 Å². The fourth-order valence-electron chi connectivity index (χ4n) is 3.41. The maximum Gasteiger partial charge on any atom is 0.225 e. The molecule has 0 saturated carbocycles. The van der Waals surface area contributed by atoms with E-state index >= 15 is 0 Å². The lowest BCUT2D eigenvalue weighted by atomic mass is 10.1. The van der Waals surface area contributed by atoms with Gasteiger partial charge in [0.15, 0.2) is 0 Å². The number of anilines is 2. The van der Waals surface area contributed by atoms with Crippen LogP contribution in [0.5, 0.6) is 0 Å². The summed E-state index contributed by atoms with van der Waals surface area (Å²) in [5, 5.41) is 6.88. The smallest absolute Gasteiger partial charge is 0.225 e. The molecule has 0 bridgehead atoms. The summed E-state index contributed by atoms with van der Waals surface area (Å²) in [6.45, 7) is 3.71. The Labute approximate surface area is 166 Å². The molecule has 0 radical (unpaired) electrons. The van der Waals surface area contributed by atoms with E-state index in [0.717, 1.165) is 43.1 Å². The van der Waals surface area contributed by atoms with Crippen LogP contribution >= 0.6 is 0 Å². The van der Waals surface area contributed by atoms with Gasteiger partial charge in [-0.1, -0.05) is 60.7 Å². The summed E-state index contributed by atoms with van der Waals surface area (Å²) in [6.07, 6.45) is 2.45. The molecule has 1 fully saturated rings. The molecule has 28 heavy (non-hydrogen) atoms. The molecule has 1 aromatic heterocycles. The minimum absolute atomic E-state index is 0.144. The summed E-state index contributed by atoms with van der Waals surface area (Å²) >= 11 is 0. The first-order valence-corrected chi connectivity index (χ1v) is 9.89. The molecular weight excluding hydrogens is 348 g/mol. The van der Waals surface area contributed by atoms with Crippen LogP contribution in [-0.4, -0.2) is 29.2 Å². The van der Waals surface area contributed by atoms with Crippen molar-refractivity contribution in [1.29, 1.82) is 0 Å². The van der Waals surface area contributed by atoms with Crippen LogP contribution < -0.4 is 10.6 Å². The van der Waals surface area contributed by atoms with Crippen LogP contribution in [0.4, 0.5) is 11.8 Å². The van der Waals surface area contributed by atoms with Gasteiger partial charge in [-0.25, -0.2) is 4.98 Å². The van der Waals surface area contributed by atoms with Gasteiger partial charge in [-0.3, -0.25) is 0 Å². The van der Waals surface area contributed by atoms with Gasteiger partial charge >= 0.3 is 0 Å². The van der Waals surface area contributed by atoms with E-state index in [1.54, 1.807) is 0 Å². The minimum Gasteiger partial charge on any atom is -0.376 e. The molecule has 144 valence electrons. The first-order chi connectivity index (χ1) is 13.8. The molecule has 5 heteroatoms. The third-order valence-electron chi connectivity index (χ3n) is 4.97.